The number of aliphatic hydroxyl groups is 1. The van der Waals surface area contributed by atoms with Crippen molar-refractivity contribution in [3.05, 3.63) is 30.6 Å². The second-order valence-electron chi connectivity index (χ2n) is 5.64. The fourth-order valence-electron chi connectivity index (χ4n) is 2.77. The van der Waals surface area contributed by atoms with Crippen LogP contribution in [0.25, 0.3) is 11.4 Å². The molecule has 1 saturated carbocycles. The molecule has 0 aromatic carbocycles. The molecule has 0 radical (unpaired) electrons. The maximum Gasteiger partial charge on any atom is 0.352 e. The number of aromatic nitrogens is 3. The second-order valence-corrected chi connectivity index (χ2v) is 5.64. The highest BCUT2D eigenvalue weighted by atomic mass is 19.3. The summed E-state index contributed by atoms with van der Waals surface area (Å²) < 4.78 is 28.6. The Balaban J connectivity index is 1.83. The van der Waals surface area contributed by atoms with Crippen LogP contribution in [0.5, 0.6) is 0 Å². The quantitative estimate of drug-likeness (QED) is 0.806. The summed E-state index contributed by atoms with van der Waals surface area (Å²) >= 11 is 0. The van der Waals surface area contributed by atoms with Gasteiger partial charge in [-0.25, -0.2) is 0 Å². The highest BCUT2D eigenvalue weighted by Gasteiger charge is 2.59. The summed E-state index contributed by atoms with van der Waals surface area (Å²) in [5.74, 6) is -5.41. The fourth-order valence-corrected chi connectivity index (χ4v) is 2.77. The first-order valence-electron chi connectivity index (χ1n) is 7.30. The zero-order chi connectivity index (χ0) is 16.5. The van der Waals surface area contributed by atoms with Crippen LogP contribution >= 0.6 is 0 Å². The van der Waals surface area contributed by atoms with Gasteiger partial charge in [0.15, 0.2) is 0 Å². The Hall–Kier alpha value is -2.35. The number of amides is 1. The van der Waals surface area contributed by atoms with Gasteiger partial charge in [0.1, 0.15) is 11.3 Å². The van der Waals surface area contributed by atoms with Gasteiger partial charge in [-0.1, -0.05) is 18.9 Å². The average molecular weight is 322 g/mol. The summed E-state index contributed by atoms with van der Waals surface area (Å²) in [5, 5.41) is 18.6. The van der Waals surface area contributed by atoms with Crippen molar-refractivity contribution in [1.82, 2.24) is 15.2 Å². The molecule has 1 aliphatic carbocycles. The van der Waals surface area contributed by atoms with Gasteiger partial charge in [0.05, 0.1) is 17.6 Å². The molecule has 2 heterocycles. The maximum atomic E-state index is 14.3. The van der Waals surface area contributed by atoms with Crippen LogP contribution in [0.4, 0.5) is 14.5 Å². The lowest BCUT2D eigenvalue weighted by molar-refractivity contribution is -0.185. The molecule has 2 aromatic rings. The number of hydrogen-bond acceptors (Lipinski definition) is 4. The number of H-pyrrole nitrogens is 1. The molecule has 0 atom stereocenters. The largest absolute Gasteiger partial charge is 0.383 e. The Kier molecular flexibility index (Phi) is 3.85. The van der Waals surface area contributed by atoms with Crippen LogP contribution in [-0.2, 0) is 4.79 Å². The van der Waals surface area contributed by atoms with E-state index >= 15 is 0 Å². The van der Waals surface area contributed by atoms with E-state index in [9.17, 15) is 18.7 Å². The highest BCUT2D eigenvalue weighted by molar-refractivity contribution is 5.99. The van der Waals surface area contributed by atoms with Crippen molar-refractivity contribution in [3.63, 3.8) is 0 Å². The SMILES string of the molecule is O=C(Nc1cn[nH]c1-c1ccccn1)C(F)(F)C1(O)CCCC1. The normalized spacial score (nSPS) is 17.2. The third-order valence-electron chi connectivity index (χ3n) is 4.11. The zero-order valence-corrected chi connectivity index (χ0v) is 12.2. The number of anilines is 1. The van der Waals surface area contributed by atoms with Gasteiger partial charge in [-0.05, 0) is 25.0 Å². The number of pyridine rings is 1. The van der Waals surface area contributed by atoms with Crippen LogP contribution in [0.2, 0.25) is 0 Å². The molecule has 2 aromatic heterocycles. The van der Waals surface area contributed by atoms with E-state index in [-0.39, 0.29) is 18.5 Å². The Morgan fingerprint density at radius 3 is 2.74 bits per heavy atom. The Morgan fingerprint density at radius 1 is 1.35 bits per heavy atom. The van der Waals surface area contributed by atoms with E-state index in [1.54, 1.807) is 18.2 Å². The van der Waals surface area contributed by atoms with Crippen molar-refractivity contribution in [2.24, 2.45) is 0 Å². The molecule has 3 rings (SSSR count). The molecule has 6 nitrogen and oxygen atoms in total. The number of carbonyl (C=O) groups is 1. The number of rotatable bonds is 4. The van der Waals surface area contributed by atoms with E-state index in [0.29, 0.717) is 24.2 Å². The Labute approximate surface area is 130 Å². The maximum absolute atomic E-state index is 14.3. The molecule has 1 aliphatic rings. The van der Waals surface area contributed by atoms with Crippen LogP contribution < -0.4 is 5.32 Å². The summed E-state index contributed by atoms with van der Waals surface area (Å²) in [5.41, 5.74) is -1.40. The van der Waals surface area contributed by atoms with E-state index in [1.807, 2.05) is 0 Å². The molecule has 0 saturated heterocycles. The second kappa shape index (κ2) is 5.69. The van der Waals surface area contributed by atoms with Gasteiger partial charge in [0.2, 0.25) is 0 Å². The van der Waals surface area contributed by atoms with Crippen molar-refractivity contribution >= 4 is 11.6 Å². The van der Waals surface area contributed by atoms with E-state index in [4.69, 9.17) is 0 Å². The van der Waals surface area contributed by atoms with Crippen LogP contribution in [0.15, 0.2) is 30.6 Å². The van der Waals surface area contributed by atoms with Gasteiger partial charge >= 0.3 is 5.92 Å². The van der Waals surface area contributed by atoms with Crippen molar-refractivity contribution in [1.29, 1.82) is 0 Å². The van der Waals surface area contributed by atoms with Gasteiger partial charge < -0.3 is 10.4 Å². The molecule has 0 aliphatic heterocycles. The fraction of sp³-hybridized carbons (Fsp3) is 0.400. The molecule has 8 heteroatoms. The average Bonchev–Trinajstić information content (AvgIpc) is 3.18. The van der Waals surface area contributed by atoms with Crippen LogP contribution in [0.3, 0.4) is 0 Å². The molecule has 23 heavy (non-hydrogen) atoms. The minimum Gasteiger partial charge on any atom is -0.383 e. The number of carbonyl (C=O) groups excluding carboxylic acids is 1. The summed E-state index contributed by atoms with van der Waals surface area (Å²) in [6, 6.07) is 5.10. The number of aromatic amines is 1. The minimum absolute atomic E-state index is 0.0914. The van der Waals surface area contributed by atoms with Crippen molar-refractivity contribution in [3.8, 4) is 11.4 Å². The molecular formula is C15H16F2N4O2. The predicted octanol–water partition coefficient (Wildman–Crippen LogP) is 2.35. The first-order valence-corrected chi connectivity index (χ1v) is 7.30. The van der Waals surface area contributed by atoms with Crippen molar-refractivity contribution in [2.45, 2.75) is 37.2 Å². The van der Waals surface area contributed by atoms with Gasteiger partial charge in [0.25, 0.3) is 5.91 Å². The van der Waals surface area contributed by atoms with Gasteiger partial charge in [-0.15, -0.1) is 0 Å². The number of nitrogens with one attached hydrogen (secondary N) is 2. The van der Waals surface area contributed by atoms with Gasteiger partial charge in [0, 0.05) is 6.20 Å². The van der Waals surface area contributed by atoms with E-state index < -0.39 is 17.4 Å². The Morgan fingerprint density at radius 2 is 2.09 bits per heavy atom. The molecular weight excluding hydrogens is 306 g/mol. The third kappa shape index (κ3) is 2.70. The monoisotopic (exact) mass is 322 g/mol. The first-order chi connectivity index (χ1) is 10.9. The van der Waals surface area contributed by atoms with Crippen molar-refractivity contribution in [2.75, 3.05) is 5.32 Å². The first kappa shape index (κ1) is 15.5. The van der Waals surface area contributed by atoms with Gasteiger partial charge in [-0.3, -0.25) is 14.9 Å². The molecule has 1 fully saturated rings. The molecule has 3 N–H and O–H groups in total. The van der Waals surface area contributed by atoms with Crippen molar-refractivity contribution < 1.29 is 18.7 Å². The molecule has 0 bridgehead atoms. The number of hydrogen-bond donors (Lipinski definition) is 3. The van der Waals surface area contributed by atoms with E-state index in [2.05, 4.69) is 20.5 Å². The molecule has 1 amide bonds. The molecule has 0 unspecified atom stereocenters. The minimum atomic E-state index is -3.87. The summed E-state index contributed by atoms with van der Waals surface area (Å²) in [7, 11) is 0. The highest BCUT2D eigenvalue weighted by Crippen LogP contribution is 2.42. The van der Waals surface area contributed by atoms with Crippen LogP contribution in [-0.4, -0.2) is 37.7 Å². The number of halogens is 2. The van der Waals surface area contributed by atoms with Gasteiger partial charge in [-0.2, -0.15) is 13.9 Å². The number of nitrogens with zero attached hydrogens (tertiary/aromatic N) is 2. The predicted molar refractivity (Wildman–Crippen MR) is 78.8 cm³/mol. The van der Waals surface area contributed by atoms with Crippen LogP contribution in [0, 0.1) is 0 Å². The molecule has 0 spiro atoms. The summed E-state index contributed by atoms with van der Waals surface area (Å²) in [4.78, 5) is 16.1. The van der Waals surface area contributed by atoms with E-state index in [0.717, 1.165) is 0 Å². The lowest BCUT2D eigenvalue weighted by Gasteiger charge is -2.30. The molecule has 122 valence electrons. The summed E-state index contributed by atoms with van der Waals surface area (Å²) in [6.07, 6.45) is 3.54. The standard InChI is InChI=1S/C15H16F2N4O2/c16-15(17,14(23)6-2-3-7-14)13(22)20-11-9-19-21-12(11)10-5-1-4-8-18-10/h1,4-5,8-9,23H,2-3,6-7H2,(H,19,21)(H,20,22). The Bertz CT molecular complexity index is 697. The zero-order valence-electron chi connectivity index (χ0n) is 12.2. The summed E-state index contributed by atoms with van der Waals surface area (Å²) in [6.45, 7) is 0. The van der Waals surface area contributed by atoms with E-state index in [1.165, 1.54) is 12.4 Å². The number of alkyl halides is 2. The third-order valence-corrected chi connectivity index (χ3v) is 4.11. The lowest BCUT2D eigenvalue weighted by Crippen LogP contribution is -2.53. The topological polar surface area (TPSA) is 90.9 Å². The van der Waals surface area contributed by atoms with Crippen LogP contribution in [0.1, 0.15) is 25.7 Å². The smallest absolute Gasteiger partial charge is 0.352 e. The lowest BCUT2D eigenvalue weighted by atomic mass is 9.93.